The summed E-state index contributed by atoms with van der Waals surface area (Å²) < 4.78 is 83.7. The first-order valence-corrected chi connectivity index (χ1v) is 13.5. The third-order valence-corrected chi connectivity index (χ3v) is 7.42. The molecule has 2 nitrogen and oxygen atoms in total. The van der Waals surface area contributed by atoms with E-state index >= 15 is 0 Å². The highest BCUT2D eigenvalue weighted by molar-refractivity contribution is 6.19. The van der Waals surface area contributed by atoms with E-state index in [1.54, 1.807) is 17.0 Å². The highest BCUT2D eigenvalue weighted by Gasteiger charge is 2.16. The van der Waals surface area contributed by atoms with E-state index in [9.17, 15) is 0 Å². The Labute approximate surface area is 257 Å². The first-order chi connectivity index (χ1) is 24.6. The lowest BCUT2D eigenvalue weighted by atomic mass is 9.98. The zero-order valence-electron chi connectivity index (χ0n) is 31.2. The summed E-state index contributed by atoms with van der Waals surface area (Å²) in [6.07, 6.45) is 0. The Morgan fingerprint density at radius 2 is 1.19 bits per heavy atom. The van der Waals surface area contributed by atoms with Crippen molar-refractivity contribution in [1.82, 2.24) is 0 Å². The summed E-state index contributed by atoms with van der Waals surface area (Å²) in [6, 6.07) is 29.9. The van der Waals surface area contributed by atoms with Crippen LogP contribution in [0.2, 0.25) is 0 Å². The monoisotopic (exact) mass is 546 g/mol. The molecule has 2 heteroatoms. The maximum atomic E-state index is 9.13. The molecule has 0 amide bonds. The summed E-state index contributed by atoms with van der Waals surface area (Å²) in [7, 11) is 0. The highest BCUT2D eigenvalue weighted by Crippen LogP contribution is 2.41. The summed E-state index contributed by atoms with van der Waals surface area (Å²) in [5, 5.41) is 4.10. The number of hydrogen-bond acceptors (Lipinski definition) is 2. The molecule has 0 atom stereocenters. The van der Waals surface area contributed by atoms with E-state index in [4.69, 9.17) is 16.8 Å². The minimum Gasteiger partial charge on any atom is -0.455 e. The van der Waals surface area contributed by atoms with Gasteiger partial charge >= 0.3 is 0 Å². The van der Waals surface area contributed by atoms with Crippen molar-refractivity contribution < 1.29 is 16.8 Å². The van der Waals surface area contributed by atoms with Crippen LogP contribution in [-0.2, 0) is 0 Å². The molecule has 1 aromatic heterocycles. The van der Waals surface area contributed by atoms with Crippen LogP contribution in [0.5, 0.6) is 0 Å². The number of fused-ring (bicyclic) bond motifs is 5. The molecule has 0 unspecified atom stereocenters. The normalized spacial score (nSPS) is 14.3. The molecule has 0 N–H and O–H groups in total. The molecule has 0 fully saturated rings. The van der Waals surface area contributed by atoms with Gasteiger partial charge in [-0.1, -0.05) is 115 Å². The fourth-order valence-electron chi connectivity index (χ4n) is 5.49. The van der Waals surface area contributed by atoms with Gasteiger partial charge in [0.25, 0.3) is 0 Å². The van der Waals surface area contributed by atoms with Gasteiger partial charge in [0.15, 0.2) is 0 Å². The Kier molecular flexibility index (Phi) is 4.00. The minimum atomic E-state index is -0.620. The Bertz CT molecular complexity index is 2630. The molecule has 198 valence electrons. The van der Waals surface area contributed by atoms with Crippen LogP contribution in [0.3, 0.4) is 0 Å². The summed E-state index contributed by atoms with van der Waals surface area (Å²) in [4.78, 5) is 1.64. The van der Waals surface area contributed by atoms with Gasteiger partial charge in [-0.25, -0.2) is 0 Å². The molecule has 0 saturated heterocycles. The van der Waals surface area contributed by atoms with E-state index < -0.39 is 54.4 Å². The summed E-state index contributed by atoms with van der Waals surface area (Å²) in [5.74, 6) is 0. The minimum absolute atomic E-state index is 0.0464. The fourth-order valence-corrected chi connectivity index (χ4v) is 5.49. The lowest BCUT2D eigenvalue weighted by Crippen LogP contribution is -2.09. The third kappa shape index (κ3) is 4.13. The van der Waals surface area contributed by atoms with E-state index in [-0.39, 0.29) is 16.8 Å². The molecule has 0 bridgehead atoms. The lowest BCUT2D eigenvalue weighted by Gasteiger charge is -2.26. The fraction of sp³-hybridized carbons (Fsp3) is 0. The maximum absolute atomic E-state index is 9.13. The molecule has 8 rings (SSSR count). The van der Waals surface area contributed by atoms with Crippen molar-refractivity contribution in [1.29, 1.82) is 0 Å². The van der Waals surface area contributed by atoms with Gasteiger partial charge in [-0.05, 0) is 76.1 Å². The zero-order valence-corrected chi connectivity index (χ0v) is 22.2. The molecule has 0 aliphatic carbocycles. The standard InChI is InChI=1S/C40H27NO/c1-3-10-28(11-4-1)29-18-23-33(24-19-29)41(32-13-5-2-6-14-32)34-25-20-31(21-26-34)35-16-9-17-38-39(35)37-27-22-30-12-7-8-15-36(30)40(37)42-38/h1-27H/i1D,3D,4D,10D,11D,18D,19D,23D,24D. The molecule has 1 heterocycles. The topological polar surface area (TPSA) is 16.4 Å². The molecular weight excluding hydrogens is 510 g/mol. The number of hydrogen-bond donors (Lipinski definition) is 0. The van der Waals surface area contributed by atoms with Crippen molar-refractivity contribution in [2.24, 2.45) is 0 Å². The summed E-state index contributed by atoms with van der Waals surface area (Å²) in [5.41, 5.74) is 3.81. The lowest BCUT2D eigenvalue weighted by molar-refractivity contribution is 0.673. The Balaban J connectivity index is 1.29. The Morgan fingerprint density at radius 3 is 2.00 bits per heavy atom. The molecule has 0 saturated carbocycles. The number of nitrogens with zero attached hydrogens (tertiary/aromatic N) is 1. The first kappa shape index (κ1) is 16.6. The van der Waals surface area contributed by atoms with Gasteiger partial charge in [0, 0.05) is 33.2 Å². The van der Waals surface area contributed by atoms with Gasteiger partial charge in [-0.3, -0.25) is 0 Å². The van der Waals surface area contributed by atoms with Crippen LogP contribution >= 0.6 is 0 Å². The number of furan rings is 1. The van der Waals surface area contributed by atoms with Crippen LogP contribution in [0.25, 0.3) is 55.0 Å². The largest absolute Gasteiger partial charge is 0.455 e. The smallest absolute Gasteiger partial charge is 0.143 e. The van der Waals surface area contributed by atoms with Crippen molar-refractivity contribution in [2.45, 2.75) is 0 Å². The predicted octanol–water partition coefficient (Wildman–Crippen LogP) is 11.5. The molecule has 42 heavy (non-hydrogen) atoms. The van der Waals surface area contributed by atoms with Crippen molar-refractivity contribution in [2.75, 3.05) is 4.90 Å². The van der Waals surface area contributed by atoms with Gasteiger partial charge < -0.3 is 9.32 Å². The van der Waals surface area contributed by atoms with Crippen molar-refractivity contribution in [3.8, 4) is 22.3 Å². The van der Waals surface area contributed by atoms with Crippen LogP contribution in [0.4, 0.5) is 17.1 Å². The second-order valence-electron chi connectivity index (χ2n) is 9.89. The zero-order chi connectivity index (χ0) is 35.7. The molecule has 0 radical (unpaired) electrons. The van der Waals surface area contributed by atoms with Crippen LogP contribution < -0.4 is 4.90 Å². The molecule has 0 spiro atoms. The van der Waals surface area contributed by atoms with Crippen molar-refractivity contribution in [3.63, 3.8) is 0 Å². The molecule has 0 aliphatic heterocycles. The quantitative estimate of drug-likeness (QED) is 0.213. The second-order valence-corrected chi connectivity index (χ2v) is 9.89. The third-order valence-electron chi connectivity index (χ3n) is 7.42. The highest BCUT2D eigenvalue weighted by atomic mass is 16.3. The molecule has 8 aromatic rings. The molecule has 7 aromatic carbocycles. The summed E-state index contributed by atoms with van der Waals surface area (Å²) >= 11 is 0. The van der Waals surface area contributed by atoms with E-state index in [2.05, 4.69) is 24.3 Å². The first-order valence-electron chi connectivity index (χ1n) is 18.0. The number of para-hydroxylation sites is 1. The average Bonchev–Trinajstić information content (AvgIpc) is 3.55. The second kappa shape index (κ2) is 10.1. The van der Waals surface area contributed by atoms with Crippen LogP contribution in [-0.4, -0.2) is 0 Å². The van der Waals surface area contributed by atoms with E-state index in [1.807, 2.05) is 72.8 Å². The Morgan fingerprint density at radius 1 is 0.476 bits per heavy atom. The van der Waals surface area contributed by atoms with Crippen molar-refractivity contribution >= 4 is 49.8 Å². The van der Waals surface area contributed by atoms with Gasteiger partial charge in [-0.2, -0.15) is 0 Å². The van der Waals surface area contributed by atoms with Crippen LogP contribution in [0.15, 0.2) is 168 Å². The van der Waals surface area contributed by atoms with E-state index in [0.29, 0.717) is 11.4 Å². The van der Waals surface area contributed by atoms with Gasteiger partial charge in [-0.15, -0.1) is 0 Å². The predicted molar refractivity (Wildman–Crippen MR) is 177 cm³/mol. The number of benzene rings is 7. The van der Waals surface area contributed by atoms with Crippen LogP contribution in [0, 0.1) is 0 Å². The Hall–Kier alpha value is -5.60. The number of anilines is 3. The van der Waals surface area contributed by atoms with Gasteiger partial charge in [0.1, 0.15) is 11.2 Å². The van der Waals surface area contributed by atoms with Crippen LogP contribution in [0.1, 0.15) is 12.3 Å². The van der Waals surface area contributed by atoms with E-state index in [0.717, 1.165) is 43.8 Å². The number of rotatable bonds is 5. The summed E-state index contributed by atoms with van der Waals surface area (Å²) in [6.45, 7) is 0. The van der Waals surface area contributed by atoms with Gasteiger partial charge in [0.05, 0.1) is 12.3 Å². The maximum Gasteiger partial charge on any atom is 0.143 e. The average molecular weight is 547 g/mol. The van der Waals surface area contributed by atoms with E-state index in [1.165, 1.54) is 0 Å². The van der Waals surface area contributed by atoms with Crippen molar-refractivity contribution in [3.05, 3.63) is 164 Å². The SMILES string of the molecule is [2H]c1c([2H])c([2H])c(-c2c([2H])c([2H])c(N(c3ccccc3)c3ccc(-c4cccc5oc6c7ccccc7ccc6c45)cc3)c([2H])c2[2H])c([2H])c1[2H]. The molecule has 0 aliphatic rings. The van der Waals surface area contributed by atoms with Gasteiger partial charge in [0.2, 0.25) is 0 Å². The molecular formula is C40H27NO.